The lowest BCUT2D eigenvalue weighted by Gasteiger charge is -2.10. The average molecular weight is 285 g/mol. The van der Waals surface area contributed by atoms with Crippen LogP contribution in [0.15, 0.2) is 42.5 Å². The highest BCUT2D eigenvalue weighted by Crippen LogP contribution is 2.21. The first-order chi connectivity index (χ1) is 10.1. The van der Waals surface area contributed by atoms with E-state index in [9.17, 15) is 4.79 Å². The monoisotopic (exact) mass is 285 g/mol. The summed E-state index contributed by atoms with van der Waals surface area (Å²) in [5.74, 6) is 1.34. The normalized spacial score (nSPS) is 10.0. The molecule has 0 spiro atoms. The van der Waals surface area contributed by atoms with E-state index in [4.69, 9.17) is 9.47 Å². The molecule has 1 amide bonds. The number of benzene rings is 2. The van der Waals surface area contributed by atoms with Crippen LogP contribution in [-0.2, 0) is 11.2 Å². The lowest BCUT2D eigenvalue weighted by molar-refractivity contribution is -0.115. The minimum atomic E-state index is -0.0906. The van der Waals surface area contributed by atoms with E-state index in [2.05, 4.69) is 5.32 Å². The minimum absolute atomic E-state index is 0.0906. The Morgan fingerprint density at radius 1 is 1.10 bits per heavy atom. The van der Waals surface area contributed by atoms with E-state index >= 15 is 0 Å². The van der Waals surface area contributed by atoms with Crippen LogP contribution in [0.3, 0.4) is 0 Å². The molecular formula is C17H19NO3. The first-order valence-electron chi connectivity index (χ1n) is 6.70. The second-order valence-electron chi connectivity index (χ2n) is 4.77. The largest absolute Gasteiger partial charge is 0.497 e. The maximum absolute atomic E-state index is 12.2. The number of nitrogens with one attached hydrogen (secondary N) is 1. The van der Waals surface area contributed by atoms with Gasteiger partial charge in [0.15, 0.2) is 0 Å². The average Bonchev–Trinajstić information content (AvgIpc) is 2.47. The van der Waals surface area contributed by atoms with Crippen LogP contribution in [0.5, 0.6) is 11.5 Å². The predicted molar refractivity (Wildman–Crippen MR) is 83.1 cm³/mol. The smallest absolute Gasteiger partial charge is 0.228 e. The van der Waals surface area contributed by atoms with Crippen LogP contribution in [0.25, 0.3) is 0 Å². The summed E-state index contributed by atoms with van der Waals surface area (Å²) >= 11 is 0. The van der Waals surface area contributed by atoms with Gasteiger partial charge < -0.3 is 14.8 Å². The molecule has 0 heterocycles. The molecule has 2 aromatic rings. The van der Waals surface area contributed by atoms with Gasteiger partial charge in [0.05, 0.1) is 20.6 Å². The molecule has 0 bridgehead atoms. The van der Waals surface area contributed by atoms with Crippen molar-refractivity contribution < 1.29 is 14.3 Å². The fourth-order valence-electron chi connectivity index (χ4n) is 2.12. The molecule has 2 aromatic carbocycles. The molecule has 1 N–H and O–H groups in total. The molecule has 21 heavy (non-hydrogen) atoms. The van der Waals surface area contributed by atoms with Crippen LogP contribution in [0, 0.1) is 6.92 Å². The van der Waals surface area contributed by atoms with Crippen molar-refractivity contribution in [1.82, 2.24) is 0 Å². The van der Waals surface area contributed by atoms with Gasteiger partial charge in [-0.3, -0.25) is 4.79 Å². The molecule has 110 valence electrons. The summed E-state index contributed by atoms with van der Waals surface area (Å²) in [6, 6.07) is 13.1. The van der Waals surface area contributed by atoms with Crippen molar-refractivity contribution >= 4 is 11.6 Å². The third-order valence-electron chi connectivity index (χ3n) is 3.14. The Balaban J connectivity index is 2.09. The Kier molecular flexibility index (Phi) is 4.82. The molecule has 0 fully saturated rings. The van der Waals surface area contributed by atoms with Gasteiger partial charge >= 0.3 is 0 Å². The first kappa shape index (κ1) is 14.9. The third-order valence-corrected chi connectivity index (χ3v) is 3.14. The molecule has 0 aromatic heterocycles. The standard InChI is InChI=1S/C17H19NO3/c1-12-7-8-16(21-3)13(9-12)10-17(19)18-14-5-4-6-15(11-14)20-2/h4-9,11H,10H2,1-3H3,(H,18,19). The van der Waals surface area contributed by atoms with Gasteiger partial charge in [0.2, 0.25) is 5.91 Å². The molecular weight excluding hydrogens is 266 g/mol. The third kappa shape index (κ3) is 3.99. The van der Waals surface area contributed by atoms with Gasteiger partial charge in [-0.2, -0.15) is 0 Å². The molecule has 4 heteroatoms. The molecule has 0 aliphatic heterocycles. The van der Waals surface area contributed by atoms with E-state index in [0.717, 1.165) is 16.9 Å². The van der Waals surface area contributed by atoms with Crippen molar-refractivity contribution in [1.29, 1.82) is 0 Å². The van der Waals surface area contributed by atoms with Gasteiger partial charge in [0.1, 0.15) is 11.5 Å². The molecule has 0 aliphatic rings. The number of hydrogen-bond acceptors (Lipinski definition) is 3. The summed E-state index contributed by atoms with van der Waals surface area (Å²) in [5, 5.41) is 2.86. The Morgan fingerprint density at radius 2 is 1.90 bits per heavy atom. The van der Waals surface area contributed by atoms with Crippen LogP contribution in [0.2, 0.25) is 0 Å². The van der Waals surface area contributed by atoms with E-state index in [0.29, 0.717) is 11.4 Å². The van der Waals surface area contributed by atoms with Gasteiger partial charge in [-0.25, -0.2) is 0 Å². The Labute approximate surface area is 124 Å². The van der Waals surface area contributed by atoms with E-state index < -0.39 is 0 Å². The second kappa shape index (κ2) is 6.79. The zero-order valence-electron chi connectivity index (χ0n) is 12.5. The Hall–Kier alpha value is -2.49. The predicted octanol–water partition coefficient (Wildman–Crippen LogP) is 3.19. The topological polar surface area (TPSA) is 47.6 Å². The molecule has 0 unspecified atom stereocenters. The number of carbonyl (C=O) groups excluding carboxylic acids is 1. The summed E-state index contributed by atoms with van der Waals surface area (Å²) in [6.45, 7) is 1.99. The highest BCUT2D eigenvalue weighted by Gasteiger charge is 2.09. The summed E-state index contributed by atoms with van der Waals surface area (Å²) in [5.41, 5.74) is 2.68. The molecule has 2 rings (SSSR count). The van der Waals surface area contributed by atoms with Crippen molar-refractivity contribution in [2.45, 2.75) is 13.3 Å². The van der Waals surface area contributed by atoms with Crippen molar-refractivity contribution in [2.24, 2.45) is 0 Å². The van der Waals surface area contributed by atoms with Gasteiger partial charge in [-0.1, -0.05) is 23.8 Å². The molecule has 0 radical (unpaired) electrons. The number of amides is 1. The molecule has 0 saturated heterocycles. The van der Waals surface area contributed by atoms with E-state index in [1.54, 1.807) is 20.3 Å². The van der Waals surface area contributed by atoms with Crippen molar-refractivity contribution in [2.75, 3.05) is 19.5 Å². The van der Waals surface area contributed by atoms with Crippen LogP contribution in [0.4, 0.5) is 5.69 Å². The van der Waals surface area contributed by atoms with Crippen LogP contribution in [-0.4, -0.2) is 20.1 Å². The lowest BCUT2D eigenvalue weighted by atomic mass is 10.1. The summed E-state index contributed by atoms with van der Waals surface area (Å²) in [6.07, 6.45) is 0.266. The van der Waals surface area contributed by atoms with Crippen LogP contribution >= 0.6 is 0 Å². The minimum Gasteiger partial charge on any atom is -0.497 e. The maximum Gasteiger partial charge on any atom is 0.228 e. The molecule has 0 saturated carbocycles. The van der Waals surface area contributed by atoms with E-state index in [-0.39, 0.29) is 12.3 Å². The Bertz CT molecular complexity index is 638. The van der Waals surface area contributed by atoms with Gasteiger partial charge in [0.25, 0.3) is 0 Å². The summed E-state index contributed by atoms with van der Waals surface area (Å²) in [7, 11) is 3.20. The molecule has 0 aliphatic carbocycles. The number of carbonyl (C=O) groups is 1. The van der Waals surface area contributed by atoms with Gasteiger partial charge in [0, 0.05) is 17.3 Å². The Morgan fingerprint density at radius 3 is 2.62 bits per heavy atom. The highest BCUT2D eigenvalue weighted by molar-refractivity contribution is 5.92. The van der Waals surface area contributed by atoms with Gasteiger partial charge in [-0.15, -0.1) is 0 Å². The maximum atomic E-state index is 12.2. The van der Waals surface area contributed by atoms with Crippen LogP contribution in [0.1, 0.15) is 11.1 Å². The zero-order chi connectivity index (χ0) is 15.2. The number of anilines is 1. The number of ether oxygens (including phenoxy) is 2. The van der Waals surface area contributed by atoms with Gasteiger partial charge in [-0.05, 0) is 25.1 Å². The highest BCUT2D eigenvalue weighted by atomic mass is 16.5. The molecule has 4 nitrogen and oxygen atoms in total. The zero-order valence-corrected chi connectivity index (χ0v) is 12.5. The van der Waals surface area contributed by atoms with E-state index in [1.807, 2.05) is 43.3 Å². The lowest BCUT2D eigenvalue weighted by Crippen LogP contribution is -2.15. The number of methoxy groups -OCH3 is 2. The van der Waals surface area contributed by atoms with Crippen molar-refractivity contribution in [3.63, 3.8) is 0 Å². The first-order valence-corrected chi connectivity index (χ1v) is 6.70. The summed E-state index contributed by atoms with van der Waals surface area (Å²) in [4.78, 5) is 12.2. The van der Waals surface area contributed by atoms with E-state index in [1.165, 1.54) is 0 Å². The molecule has 0 atom stereocenters. The van der Waals surface area contributed by atoms with Crippen molar-refractivity contribution in [3.05, 3.63) is 53.6 Å². The second-order valence-corrected chi connectivity index (χ2v) is 4.77. The SMILES string of the molecule is COc1cccc(NC(=O)Cc2cc(C)ccc2OC)c1. The number of hydrogen-bond donors (Lipinski definition) is 1. The fourth-order valence-corrected chi connectivity index (χ4v) is 2.12. The number of rotatable bonds is 5. The quantitative estimate of drug-likeness (QED) is 0.917. The summed E-state index contributed by atoms with van der Waals surface area (Å²) < 4.78 is 10.4. The fraction of sp³-hybridized carbons (Fsp3) is 0.235. The number of aryl methyl sites for hydroxylation is 1. The van der Waals surface area contributed by atoms with Crippen molar-refractivity contribution in [3.8, 4) is 11.5 Å². The van der Waals surface area contributed by atoms with Crippen LogP contribution < -0.4 is 14.8 Å².